The topological polar surface area (TPSA) is 34.1 Å². The number of hydrogen-bond donors (Lipinski definition) is 0. The Labute approximate surface area is 156 Å². The molecule has 0 saturated heterocycles. The molecule has 0 bridgehead atoms. The number of rotatable bonds is 3. The van der Waals surface area contributed by atoms with Crippen LogP contribution in [0.5, 0.6) is 0 Å². The lowest BCUT2D eigenvalue weighted by Gasteiger charge is -2.14. The lowest BCUT2D eigenvalue weighted by atomic mass is 9.92. The lowest BCUT2D eigenvalue weighted by molar-refractivity contribution is 0.509. The van der Waals surface area contributed by atoms with E-state index < -0.39 is 21.5 Å². The summed E-state index contributed by atoms with van der Waals surface area (Å²) in [5.41, 5.74) is 2.65. The molecule has 3 rings (SSSR count). The molecule has 3 aromatic rings. The Balaban J connectivity index is 2.24. The zero-order valence-corrected chi connectivity index (χ0v) is 15.8. The second kappa shape index (κ2) is 6.85. The van der Waals surface area contributed by atoms with Crippen LogP contribution >= 0.6 is 0 Å². The summed E-state index contributed by atoms with van der Waals surface area (Å²) in [7, 11) is -3.37. The van der Waals surface area contributed by atoms with E-state index in [9.17, 15) is 21.6 Å². The van der Waals surface area contributed by atoms with Crippen molar-refractivity contribution in [2.45, 2.75) is 18.7 Å². The van der Waals surface area contributed by atoms with Gasteiger partial charge >= 0.3 is 0 Å². The molecule has 3 aromatic carbocycles. The molecule has 0 aliphatic heterocycles. The summed E-state index contributed by atoms with van der Waals surface area (Å²) in [4.78, 5) is 0.129. The summed E-state index contributed by atoms with van der Waals surface area (Å²) in [6, 6.07) is 11.2. The molecular formula is C21H17F3O2S. The van der Waals surface area contributed by atoms with Gasteiger partial charge in [-0.2, -0.15) is 0 Å². The van der Waals surface area contributed by atoms with Crippen molar-refractivity contribution in [3.63, 3.8) is 0 Å². The second-order valence-corrected chi connectivity index (χ2v) is 8.55. The first-order valence-electron chi connectivity index (χ1n) is 8.14. The van der Waals surface area contributed by atoms with Gasteiger partial charge in [0.2, 0.25) is 0 Å². The molecule has 0 aromatic heterocycles. The predicted octanol–water partition coefficient (Wildman–Crippen LogP) is 5.46. The van der Waals surface area contributed by atoms with E-state index in [-0.39, 0.29) is 10.7 Å². The smallest absolute Gasteiger partial charge is 0.175 e. The van der Waals surface area contributed by atoms with Crippen LogP contribution in [0.3, 0.4) is 0 Å². The Bertz CT molecular complexity index is 1110. The van der Waals surface area contributed by atoms with E-state index in [0.29, 0.717) is 33.4 Å². The highest BCUT2D eigenvalue weighted by Crippen LogP contribution is 2.35. The van der Waals surface area contributed by atoms with Gasteiger partial charge in [0.05, 0.1) is 4.90 Å². The molecule has 0 N–H and O–H groups in total. The molecule has 27 heavy (non-hydrogen) atoms. The van der Waals surface area contributed by atoms with Gasteiger partial charge < -0.3 is 0 Å². The summed E-state index contributed by atoms with van der Waals surface area (Å²) in [5, 5.41) is 0. The van der Waals surface area contributed by atoms with Gasteiger partial charge in [-0.25, -0.2) is 21.6 Å². The van der Waals surface area contributed by atoms with Gasteiger partial charge in [0.25, 0.3) is 0 Å². The van der Waals surface area contributed by atoms with Gasteiger partial charge in [-0.1, -0.05) is 12.1 Å². The van der Waals surface area contributed by atoms with E-state index in [0.717, 1.165) is 18.4 Å². The van der Waals surface area contributed by atoms with Crippen LogP contribution < -0.4 is 0 Å². The van der Waals surface area contributed by atoms with Crippen LogP contribution in [0.4, 0.5) is 13.2 Å². The summed E-state index contributed by atoms with van der Waals surface area (Å²) in [5.74, 6) is -2.38. The largest absolute Gasteiger partial charge is 0.224 e. The average Bonchev–Trinajstić information content (AvgIpc) is 2.60. The molecule has 0 spiro atoms. The van der Waals surface area contributed by atoms with Gasteiger partial charge in [0.15, 0.2) is 21.5 Å². The molecule has 0 atom stereocenters. The first-order chi connectivity index (χ1) is 12.6. The fraction of sp³-hybridized carbons (Fsp3) is 0.143. The van der Waals surface area contributed by atoms with E-state index in [2.05, 4.69) is 0 Å². The molecular weight excluding hydrogens is 373 g/mol. The van der Waals surface area contributed by atoms with Crippen LogP contribution in [0.1, 0.15) is 11.1 Å². The van der Waals surface area contributed by atoms with Crippen molar-refractivity contribution in [1.29, 1.82) is 0 Å². The van der Waals surface area contributed by atoms with Crippen molar-refractivity contribution in [2.24, 2.45) is 0 Å². The minimum atomic E-state index is -3.37. The van der Waals surface area contributed by atoms with E-state index in [4.69, 9.17) is 0 Å². The van der Waals surface area contributed by atoms with Gasteiger partial charge in [-0.3, -0.25) is 0 Å². The molecule has 0 unspecified atom stereocenters. The summed E-state index contributed by atoms with van der Waals surface area (Å²) in [6.07, 6.45) is 1.09. The minimum Gasteiger partial charge on any atom is -0.224 e. The average molecular weight is 390 g/mol. The van der Waals surface area contributed by atoms with Gasteiger partial charge in [0.1, 0.15) is 5.82 Å². The fourth-order valence-corrected chi connectivity index (χ4v) is 3.64. The normalized spacial score (nSPS) is 11.6. The summed E-state index contributed by atoms with van der Waals surface area (Å²) < 4.78 is 65.1. The van der Waals surface area contributed by atoms with E-state index in [1.165, 1.54) is 24.3 Å². The molecule has 0 amide bonds. The van der Waals surface area contributed by atoms with Crippen molar-refractivity contribution in [3.8, 4) is 22.3 Å². The van der Waals surface area contributed by atoms with Crippen molar-refractivity contribution in [2.75, 3.05) is 6.26 Å². The van der Waals surface area contributed by atoms with Gasteiger partial charge in [-0.05, 0) is 83.6 Å². The SMILES string of the molecule is Cc1cc(-c2cc(F)c(F)cc2-c2ccc(S(C)(=O)=O)cc2)cc(C)c1F. The summed E-state index contributed by atoms with van der Waals surface area (Å²) >= 11 is 0. The molecule has 2 nitrogen and oxygen atoms in total. The number of aryl methyl sites for hydroxylation is 2. The molecule has 0 aliphatic rings. The van der Waals surface area contributed by atoms with E-state index >= 15 is 0 Å². The predicted molar refractivity (Wildman–Crippen MR) is 99.8 cm³/mol. The van der Waals surface area contributed by atoms with Gasteiger partial charge in [0, 0.05) is 6.26 Å². The molecule has 0 aliphatic carbocycles. The van der Waals surface area contributed by atoms with E-state index in [1.807, 2.05) is 0 Å². The zero-order chi connectivity index (χ0) is 19.9. The van der Waals surface area contributed by atoms with Gasteiger partial charge in [-0.15, -0.1) is 0 Å². The fourth-order valence-electron chi connectivity index (χ4n) is 3.01. The van der Waals surface area contributed by atoms with Crippen molar-refractivity contribution >= 4 is 9.84 Å². The van der Waals surface area contributed by atoms with Crippen molar-refractivity contribution in [1.82, 2.24) is 0 Å². The third-order valence-electron chi connectivity index (χ3n) is 4.40. The molecule has 140 valence electrons. The number of sulfone groups is 1. The zero-order valence-electron chi connectivity index (χ0n) is 15.0. The molecule has 0 heterocycles. The van der Waals surface area contributed by atoms with Crippen LogP contribution in [-0.2, 0) is 9.84 Å². The Morgan fingerprint density at radius 1 is 0.704 bits per heavy atom. The Morgan fingerprint density at radius 2 is 1.15 bits per heavy atom. The van der Waals surface area contributed by atoms with Crippen LogP contribution in [0.25, 0.3) is 22.3 Å². The number of halogens is 3. The van der Waals surface area contributed by atoms with Crippen molar-refractivity contribution in [3.05, 3.63) is 77.1 Å². The highest BCUT2D eigenvalue weighted by Gasteiger charge is 2.16. The van der Waals surface area contributed by atoms with Crippen molar-refractivity contribution < 1.29 is 21.6 Å². The van der Waals surface area contributed by atoms with Crippen LogP contribution in [0, 0.1) is 31.3 Å². The summed E-state index contributed by atoms with van der Waals surface area (Å²) in [6.45, 7) is 3.21. The minimum absolute atomic E-state index is 0.129. The molecule has 0 saturated carbocycles. The maximum atomic E-state index is 14.0. The maximum absolute atomic E-state index is 14.0. The lowest BCUT2D eigenvalue weighted by Crippen LogP contribution is -1.97. The Kier molecular flexibility index (Phi) is 4.86. The molecule has 0 radical (unpaired) electrons. The highest BCUT2D eigenvalue weighted by molar-refractivity contribution is 7.90. The first kappa shape index (κ1) is 19.2. The molecule has 0 fully saturated rings. The third kappa shape index (κ3) is 3.76. The molecule has 6 heteroatoms. The second-order valence-electron chi connectivity index (χ2n) is 6.53. The Morgan fingerprint density at radius 3 is 1.59 bits per heavy atom. The van der Waals surface area contributed by atoms with Crippen LogP contribution in [-0.4, -0.2) is 14.7 Å². The Hall–Kier alpha value is -2.60. The quantitative estimate of drug-likeness (QED) is 0.595. The van der Waals surface area contributed by atoms with Crippen LogP contribution in [0.15, 0.2) is 53.4 Å². The monoisotopic (exact) mass is 390 g/mol. The van der Waals surface area contributed by atoms with E-state index in [1.54, 1.807) is 26.0 Å². The number of benzene rings is 3. The first-order valence-corrected chi connectivity index (χ1v) is 10.0. The maximum Gasteiger partial charge on any atom is 0.175 e. The third-order valence-corrected chi connectivity index (χ3v) is 5.53. The number of hydrogen-bond acceptors (Lipinski definition) is 2. The highest BCUT2D eigenvalue weighted by atomic mass is 32.2. The standard InChI is InChI=1S/C21H17F3O2S/c1-12-8-15(9-13(2)21(12)24)18-11-20(23)19(22)10-17(18)14-4-6-16(7-5-14)27(3,25)26/h4-11H,1-3H3. The van der Waals surface area contributed by atoms with Crippen LogP contribution in [0.2, 0.25) is 0 Å².